The third-order valence-corrected chi connectivity index (χ3v) is 10.0. The van der Waals surface area contributed by atoms with Gasteiger partial charge in [0.15, 0.2) is 23.1 Å². The second-order valence-corrected chi connectivity index (χ2v) is 14.0. The van der Waals surface area contributed by atoms with Crippen LogP contribution in [0.15, 0.2) is 60.8 Å². The molecule has 2 saturated heterocycles. The lowest BCUT2D eigenvalue weighted by molar-refractivity contribution is -0.135. The number of halogens is 1. The molecule has 0 atom stereocenters. The minimum absolute atomic E-state index is 0.0456. The number of methoxy groups -OCH3 is 1. The van der Waals surface area contributed by atoms with Crippen LogP contribution in [0.3, 0.4) is 0 Å². The molecule has 0 bridgehead atoms. The molecular weight excluding hydrogens is 718 g/mol. The number of hydrogen-bond donors (Lipinski definition) is 2. The molecule has 14 heteroatoms. The van der Waals surface area contributed by atoms with Gasteiger partial charge in [-0.25, -0.2) is 9.37 Å². The maximum atomic E-state index is 15.2. The number of rotatable bonds is 16. The molecule has 1 aromatic heterocycles. The molecule has 0 aliphatic carbocycles. The van der Waals surface area contributed by atoms with Crippen LogP contribution in [-0.2, 0) is 16.0 Å². The van der Waals surface area contributed by atoms with Gasteiger partial charge >= 0.3 is 0 Å². The van der Waals surface area contributed by atoms with Crippen molar-refractivity contribution in [3.05, 3.63) is 88.9 Å². The van der Waals surface area contributed by atoms with Crippen molar-refractivity contribution in [3.63, 3.8) is 0 Å². The molecule has 0 saturated carbocycles. The summed E-state index contributed by atoms with van der Waals surface area (Å²) in [5, 5.41) is 6.01. The molecule has 2 aliphatic heterocycles. The monoisotopic (exact) mass is 769 g/mol. The van der Waals surface area contributed by atoms with Crippen LogP contribution in [0, 0.1) is 19.7 Å². The number of piperazine rings is 1. The van der Waals surface area contributed by atoms with Crippen LogP contribution in [0.2, 0.25) is 0 Å². The summed E-state index contributed by atoms with van der Waals surface area (Å²) in [5.74, 6) is -0.0423. The average Bonchev–Trinajstić information content (AvgIpc) is 3.20. The van der Waals surface area contributed by atoms with E-state index in [0.717, 1.165) is 62.4 Å². The summed E-state index contributed by atoms with van der Waals surface area (Å²) >= 11 is 0. The molecule has 4 aromatic rings. The molecule has 2 fully saturated rings. The van der Waals surface area contributed by atoms with Crippen LogP contribution in [0.5, 0.6) is 23.1 Å². The molecule has 298 valence electrons. The number of aromatic nitrogens is 2. The summed E-state index contributed by atoms with van der Waals surface area (Å²) in [5.41, 5.74) is 3.80. The lowest BCUT2D eigenvalue weighted by Crippen LogP contribution is -2.47. The fraction of sp³-hybridized carbons (Fsp3) is 0.429. The highest BCUT2D eigenvalue weighted by atomic mass is 19.1. The van der Waals surface area contributed by atoms with Crippen LogP contribution in [0.25, 0.3) is 0 Å². The molecule has 2 N–H and O–H groups in total. The van der Waals surface area contributed by atoms with E-state index in [1.165, 1.54) is 19.4 Å². The number of ether oxygens (including phenoxy) is 4. The van der Waals surface area contributed by atoms with Gasteiger partial charge in [0.25, 0.3) is 5.91 Å². The first-order valence-corrected chi connectivity index (χ1v) is 19.3. The predicted molar refractivity (Wildman–Crippen MR) is 213 cm³/mol. The highest BCUT2D eigenvalue weighted by Crippen LogP contribution is 2.35. The van der Waals surface area contributed by atoms with Crippen LogP contribution in [0.1, 0.15) is 46.8 Å². The minimum Gasteiger partial charge on any atom is -0.493 e. The molecule has 56 heavy (non-hydrogen) atoms. The van der Waals surface area contributed by atoms with Crippen molar-refractivity contribution in [2.24, 2.45) is 0 Å². The number of para-hydroxylation sites is 1. The number of anilines is 3. The number of amides is 2. The number of nitrogens with one attached hydrogen (secondary N) is 2. The molecule has 13 nitrogen and oxygen atoms in total. The van der Waals surface area contributed by atoms with Crippen molar-refractivity contribution < 1.29 is 32.9 Å². The Labute approximate surface area is 328 Å². The Hall–Kier alpha value is -5.31. The number of morpholine rings is 1. The Balaban J connectivity index is 1.16. The average molecular weight is 770 g/mol. The molecule has 0 spiro atoms. The van der Waals surface area contributed by atoms with E-state index in [4.69, 9.17) is 18.9 Å². The largest absolute Gasteiger partial charge is 0.493 e. The molecule has 2 aliphatic rings. The molecular formula is C42H52FN7O6. The van der Waals surface area contributed by atoms with E-state index in [0.29, 0.717) is 68.6 Å². The maximum absolute atomic E-state index is 15.2. The smallest absolute Gasteiger partial charge is 0.262 e. The Kier molecular flexibility index (Phi) is 14.1. The Morgan fingerprint density at radius 3 is 2.30 bits per heavy atom. The highest BCUT2D eigenvalue weighted by molar-refractivity contribution is 6.06. The zero-order chi connectivity index (χ0) is 39.4. The van der Waals surface area contributed by atoms with Gasteiger partial charge in [-0.3, -0.25) is 14.5 Å². The molecule has 0 radical (unpaired) electrons. The van der Waals surface area contributed by atoms with Gasteiger partial charge in [-0.15, -0.1) is 0 Å². The first-order valence-electron chi connectivity index (χ1n) is 19.3. The summed E-state index contributed by atoms with van der Waals surface area (Å²) in [6, 6.07) is 15.7. The van der Waals surface area contributed by atoms with Gasteiger partial charge in [-0.2, -0.15) is 4.98 Å². The summed E-state index contributed by atoms with van der Waals surface area (Å²) in [6.45, 7) is 14.5. The quantitative estimate of drug-likeness (QED) is 0.135. The molecule has 2 amide bonds. The highest BCUT2D eigenvalue weighted by Gasteiger charge is 2.22. The van der Waals surface area contributed by atoms with Gasteiger partial charge in [0.05, 0.1) is 20.3 Å². The number of benzene rings is 3. The molecule has 0 unspecified atom stereocenters. The zero-order valence-electron chi connectivity index (χ0n) is 32.7. The fourth-order valence-corrected chi connectivity index (χ4v) is 6.79. The first-order chi connectivity index (χ1) is 27.2. The zero-order valence-corrected chi connectivity index (χ0v) is 32.7. The van der Waals surface area contributed by atoms with E-state index in [1.54, 1.807) is 24.3 Å². The van der Waals surface area contributed by atoms with Gasteiger partial charge in [0.2, 0.25) is 17.7 Å². The Bertz CT molecular complexity index is 1950. The van der Waals surface area contributed by atoms with Gasteiger partial charge in [0, 0.05) is 75.9 Å². The standard InChI is InChI=1S/C42H52FN7O6/c1-5-15-48-16-18-49(19-17-48)20-25-55-35-13-11-32(27-34(35)43)45-42-44-28-33(40(52)46-39-29(2)7-6-8-30(39)3)41(47-42)56-36-12-9-31(26-37(36)53-4)10-14-38(51)50-21-23-54-24-22-50/h6-9,11-13,26-28H,5,10,14-25H2,1-4H3,(H,46,52)(H,44,45,47). The van der Waals surface area contributed by atoms with Crippen molar-refractivity contribution in [2.75, 3.05) is 89.9 Å². The summed E-state index contributed by atoms with van der Waals surface area (Å²) in [7, 11) is 1.52. The van der Waals surface area contributed by atoms with E-state index in [9.17, 15) is 9.59 Å². The molecule has 3 heterocycles. The summed E-state index contributed by atoms with van der Waals surface area (Å²) in [6.07, 6.45) is 3.37. The second-order valence-electron chi connectivity index (χ2n) is 14.0. The van der Waals surface area contributed by atoms with Crippen LogP contribution in [0.4, 0.5) is 21.7 Å². The van der Waals surface area contributed by atoms with Crippen LogP contribution in [-0.4, -0.2) is 116 Å². The van der Waals surface area contributed by atoms with Gasteiger partial charge < -0.3 is 39.4 Å². The van der Waals surface area contributed by atoms with E-state index in [1.807, 2.05) is 43.0 Å². The lowest BCUT2D eigenvalue weighted by atomic mass is 10.1. The van der Waals surface area contributed by atoms with Crippen molar-refractivity contribution in [1.29, 1.82) is 0 Å². The fourth-order valence-electron chi connectivity index (χ4n) is 6.79. The van der Waals surface area contributed by atoms with Gasteiger partial charge in [-0.1, -0.05) is 31.2 Å². The Morgan fingerprint density at radius 1 is 0.893 bits per heavy atom. The number of carbonyl (C=O) groups excluding carboxylic acids is 2. The number of carbonyl (C=O) groups is 2. The van der Waals surface area contributed by atoms with Crippen molar-refractivity contribution in [1.82, 2.24) is 24.7 Å². The first kappa shape index (κ1) is 40.4. The van der Waals surface area contributed by atoms with E-state index >= 15 is 4.39 Å². The maximum Gasteiger partial charge on any atom is 0.262 e. The number of aryl methyl sites for hydroxylation is 3. The van der Waals surface area contributed by atoms with Crippen LogP contribution < -0.4 is 24.8 Å². The van der Waals surface area contributed by atoms with E-state index < -0.39 is 11.7 Å². The third-order valence-electron chi connectivity index (χ3n) is 10.0. The summed E-state index contributed by atoms with van der Waals surface area (Å²) in [4.78, 5) is 42.1. The minimum atomic E-state index is -0.527. The Morgan fingerprint density at radius 2 is 1.61 bits per heavy atom. The van der Waals surface area contributed by atoms with Gasteiger partial charge in [0.1, 0.15) is 12.2 Å². The van der Waals surface area contributed by atoms with Crippen molar-refractivity contribution >= 4 is 29.1 Å². The molecule has 3 aromatic carbocycles. The summed E-state index contributed by atoms with van der Waals surface area (Å²) < 4.78 is 38.4. The predicted octanol–water partition coefficient (Wildman–Crippen LogP) is 6.23. The van der Waals surface area contributed by atoms with Crippen LogP contribution >= 0.6 is 0 Å². The van der Waals surface area contributed by atoms with Crippen molar-refractivity contribution in [2.45, 2.75) is 40.0 Å². The lowest BCUT2D eigenvalue weighted by Gasteiger charge is -2.34. The van der Waals surface area contributed by atoms with Crippen molar-refractivity contribution in [3.8, 4) is 23.1 Å². The second kappa shape index (κ2) is 19.5. The number of hydrogen-bond acceptors (Lipinski definition) is 11. The van der Waals surface area contributed by atoms with Gasteiger partial charge in [-0.05, 0) is 74.2 Å². The third kappa shape index (κ3) is 10.7. The van der Waals surface area contributed by atoms with E-state index in [-0.39, 0.29) is 29.0 Å². The number of nitrogens with zero attached hydrogens (tertiary/aromatic N) is 5. The SMILES string of the molecule is CCCN1CCN(CCOc2ccc(Nc3ncc(C(=O)Nc4c(C)cccc4C)c(Oc4ccc(CCC(=O)N5CCOCC5)cc4OC)n3)cc2F)CC1. The molecule has 6 rings (SSSR count). The normalized spacial score (nSPS) is 15.0. The topological polar surface area (TPSA) is 131 Å². The van der Waals surface area contributed by atoms with E-state index in [2.05, 4.69) is 37.3 Å².